The number of anilines is 1. The maximum Gasteiger partial charge on any atom is 0.140 e. The largest absolute Gasteiger partial charge is 0.383 e. The lowest BCUT2D eigenvalue weighted by Gasteiger charge is -2.13. The summed E-state index contributed by atoms with van der Waals surface area (Å²) in [4.78, 5) is 9.02. The first-order chi connectivity index (χ1) is 7.45. The lowest BCUT2D eigenvalue weighted by Crippen LogP contribution is -2.11. The highest BCUT2D eigenvalue weighted by Crippen LogP contribution is 2.23. The van der Waals surface area contributed by atoms with E-state index in [4.69, 9.17) is 5.73 Å². The number of nitrogen functional groups attached to an aromatic ring is 1. The number of aromatic nitrogens is 2. The number of nitrogens with zero attached hydrogens (tertiary/aromatic N) is 2. The van der Waals surface area contributed by atoms with Crippen molar-refractivity contribution in [1.29, 1.82) is 0 Å². The van der Waals surface area contributed by atoms with Gasteiger partial charge in [-0.15, -0.1) is 0 Å². The fourth-order valence-corrected chi connectivity index (χ4v) is 1.92. The van der Waals surface area contributed by atoms with Crippen molar-refractivity contribution in [2.45, 2.75) is 46.5 Å². The highest BCUT2D eigenvalue weighted by Gasteiger charge is 2.14. The summed E-state index contributed by atoms with van der Waals surface area (Å²) < 4.78 is 1.01. The molecule has 1 atom stereocenters. The molecule has 0 aliphatic rings. The molecule has 0 saturated carbocycles. The second kappa shape index (κ2) is 5.80. The Balaban J connectivity index is 3.11. The Morgan fingerprint density at radius 3 is 2.38 bits per heavy atom. The van der Waals surface area contributed by atoms with E-state index in [9.17, 15) is 0 Å². The fraction of sp³-hybridized carbons (Fsp3) is 0.667. The van der Waals surface area contributed by atoms with Crippen molar-refractivity contribution >= 4 is 28.4 Å². The minimum atomic E-state index is 0.380. The highest BCUT2D eigenvalue weighted by molar-refractivity contribution is 14.1. The van der Waals surface area contributed by atoms with Gasteiger partial charge in [0, 0.05) is 5.92 Å². The highest BCUT2D eigenvalue weighted by atomic mass is 127. The average Bonchev–Trinajstić information content (AvgIpc) is 2.22. The van der Waals surface area contributed by atoms with Crippen LogP contribution in [0.25, 0.3) is 0 Å². The van der Waals surface area contributed by atoms with Crippen molar-refractivity contribution in [2.24, 2.45) is 5.92 Å². The minimum absolute atomic E-state index is 0.380. The summed E-state index contributed by atoms with van der Waals surface area (Å²) in [6.45, 7) is 8.67. The van der Waals surface area contributed by atoms with Crippen LogP contribution in [0, 0.1) is 9.49 Å². The molecular weight excluding hydrogens is 313 g/mol. The lowest BCUT2D eigenvalue weighted by atomic mass is 10.1. The predicted octanol–water partition coefficient (Wildman–Crippen LogP) is 3.38. The summed E-state index contributed by atoms with van der Waals surface area (Å²) in [5, 5.41) is 0. The number of halogens is 1. The first-order valence-electron chi connectivity index (χ1n) is 5.77. The van der Waals surface area contributed by atoms with Gasteiger partial charge < -0.3 is 5.73 Å². The van der Waals surface area contributed by atoms with Gasteiger partial charge in [0.05, 0.1) is 9.26 Å². The van der Waals surface area contributed by atoms with E-state index in [2.05, 4.69) is 60.3 Å². The molecule has 4 heteroatoms. The number of rotatable bonds is 4. The summed E-state index contributed by atoms with van der Waals surface area (Å²) >= 11 is 2.24. The van der Waals surface area contributed by atoms with Crippen molar-refractivity contribution < 1.29 is 0 Å². The van der Waals surface area contributed by atoms with Gasteiger partial charge in [-0.2, -0.15) is 0 Å². The Kier molecular flexibility index (Phi) is 4.95. The Labute approximate surface area is 111 Å². The molecule has 16 heavy (non-hydrogen) atoms. The van der Waals surface area contributed by atoms with E-state index in [1.54, 1.807) is 0 Å². The Morgan fingerprint density at radius 2 is 1.88 bits per heavy atom. The van der Waals surface area contributed by atoms with Gasteiger partial charge in [-0.25, -0.2) is 9.97 Å². The van der Waals surface area contributed by atoms with E-state index in [0.717, 1.165) is 27.9 Å². The molecule has 0 amide bonds. The summed E-state index contributed by atoms with van der Waals surface area (Å²) in [7, 11) is 0. The first kappa shape index (κ1) is 13.7. The summed E-state index contributed by atoms with van der Waals surface area (Å²) in [5.41, 5.74) is 7.03. The van der Waals surface area contributed by atoms with Crippen molar-refractivity contribution in [1.82, 2.24) is 9.97 Å². The summed E-state index contributed by atoms with van der Waals surface area (Å²) in [6, 6.07) is 0. The number of hydrogen-bond donors (Lipinski definition) is 1. The standard InChI is InChI=1S/C12H20IN3/c1-5-8(4)12-15-9(6-7(2)3)10(13)11(14)16-12/h7-8H,5-6H2,1-4H3,(H2,14,15,16). The fourth-order valence-electron chi connectivity index (χ4n) is 1.46. The van der Waals surface area contributed by atoms with Crippen molar-refractivity contribution in [3.8, 4) is 0 Å². The van der Waals surface area contributed by atoms with Crippen LogP contribution in [0.3, 0.4) is 0 Å². The molecule has 0 spiro atoms. The SMILES string of the molecule is CCC(C)c1nc(N)c(I)c(CC(C)C)n1. The Bertz CT molecular complexity index is 364. The molecule has 1 aromatic heterocycles. The molecule has 0 bridgehead atoms. The molecule has 1 heterocycles. The normalized spacial score (nSPS) is 13.1. The molecule has 1 aromatic rings. The Hall–Kier alpha value is -0.390. The van der Waals surface area contributed by atoms with Gasteiger partial charge >= 0.3 is 0 Å². The number of nitrogens with two attached hydrogens (primary N) is 1. The van der Waals surface area contributed by atoms with Gasteiger partial charge in [-0.3, -0.25) is 0 Å². The molecule has 0 aliphatic carbocycles. The van der Waals surface area contributed by atoms with E-state index in [-0.39, 0.29) is 0 Å². The first-order valence-corrected chi connectivity index (χ1v) is 6.85. The summed E-state index contributed by atoms with van der Waals surface area (Å²) in [6.07, 6.45) is 2.01. The van der Waals surface area contributed by atoms with Crippen molar-refractivity contribution in [3.05, 3.63) is 15.1 Å². The molecule has 0 aliphatic heterocycles. The quantitative estimate of drug-likeness (QED) is 0.860. The van der Waals surface area contributed by atoms with E-state index >= 15 is 0 Å². The van der Waals surface area contributed by atoms with Crippen LogP contribution in [-0.2, 0) is 6.42 Å². The van der Waals surface area contributed by atoms with E-state index < -0.39 is 0 Å². The van der Waals surface area contributed by atoms with Gasteiger partial charge in [-0.1, -0.05) is 27.7 Å². The number of hydrogen-bond acceptors (Lipinski definition) is 3. The third-order valence-corrected chi connectivity index (χ3v) is 3.79. The maximum atomic E-state index is 5.93. The van der Waals surface area contributed by atoms with Crippen LogP contribution in [0.5, 0.6) is 0 Å². The zero-order valence-electron chi connectivity index (χ0n) is 10.4. The van der Waals surface area contributed by atoms with Crippen LogP contribution < -0.4 is 5.73 Å². The van der Waals surface area contributed by atoms with E-state index in [1.165, 1.54) is 0 Å². The van der Waals surface area contributed by atoms with Crippen LogP contribution in [0.15, 0.2) is 0 Å². The third-order valence-electron chi connectivity index (χ3n) is 2.62. The predicted molar refractivity (Wildman–Crippen MR) is 76.4 cm³/mol. The third kappa shape index (κ3) is 3.30. The molecule has 2 N–H and O–H groups in total. The van der Waals surface area contributed by atoms with E-state index in [1.807, 2.05) is 0 Å². The van der Waals surface area contributed by atoms with Crippen LogP contribution in [0.2, 0.25) is 0 Å². The van der Waals surface area contributed by atoms with Gasteiger partial charge in [0.25, 0.3) is 0 Å². The van der Waals surface area contributed by atoms with Gasteiger partial charge in [0.2, 0.25) is 0 Å². The van der Waals surface area contributed by atoms with Crippen molar-refractivity contribution in [2.75, 3.05) is 5.73 Å². The molecule has 0 saturated heterocycles. The molecule has 0 radical (unpaired) electrons. The topological polar surface area (TPSA) is 51.8 Å². The second-order valence-corrected chi connectivity index (χ2v) is 5.71. The van der Waals surface area contributed by atoms with Crippen LogP contribution in [-0.4, -0.2) is 9.97 Å². The van der Waals surface area contributed by atoms with E-state index in [0.29, 0.717) is 17.7 Å². The van der Waals surface area contributed by atoms with Crippen LogP contribution in [0.4, 0.5) is 5.82 Å². The monoisotopic (exact) mass is 333 g/mol. The van der Waals surface area contributed by atoms with Gasteiger partial charge in [0.1, 0.15) is 11.6 Å². The molecule has 0 aromatic carbocycles. The zero-order valence-corrected chi connectivity index (χ0v) is 12.6. The van der Waals surface area contributed by atoms with Gasteiger partial charge in [0.15, 0.2) is 0 Å². The smallest absolute Gasteiger partial charge is 0.140 e. The molecule has 90 valence electrons. The molecule has 0 fully saturated rings. The van der Waals surface area contributed by atoms with Crippen LogP contribution in [0.1, 0.15) is 51.6 Å². The van der Waals surface area contributed by atoms with Crippen molar-refractivity contribution in [3.63, 3.8) is 0 Å². The summed E-state index contributed by atoms with van der Waals surface area (Å²) in [5.74, 6) is 2.48. The maximum absolute atomic E-state index is 5.93. The average molecular weight is 333 g/mol. The lowest BCUT2D eigenvalue weighted by molar-refractivity contribution is 0.614. The van der Waals surface area contributed by atoms with Crippen LogP contribution >= 0.6 is 22.6 Å². The molecule has 3 nitrogen and oxygen atoms in total. The second-order valence-electron chi connectivity index (χ2n) is 4.63. The molecule has 1 rings (SSSR count). The molecule has 1 unspecified atom stereocenters. The van der Waals surface area contributed by atoms with Gasteiger partial charge in [-0.05, 0) is 41.4 Å². The minimum Gasteiger partial charge on any atom is -0.383 e. The Morgan fingerprint density at radius 1 is 1.25 bits per heavy atom. The molecular formula is C12H20IN3. The zero-order chi connectivity index (χ0) is 12.3.